The van der Waals surface area contributed by atoms with Crippen molar-refractivity contribution >= 4 is 5.97 Å². The summed E-state index contributed by atoms with van der Waals surface area (Å²) < 4.78 is 5.73. The highest BCUT2D eigenvalue weighted by atomic mass is 16.5. The molecule has 1 aliphatic rings. The van der Waals surface area contributed by atoms with Gasteiger partial charge in [0.05, 0.1) is 12.7 Å². The van der Waals surface area contributed by atoms with Gasteiger partial charge in [-0.05, 0) is 33.9 Å². The first kappa shape index (κ1) is 19.3. The number of aliphatic hydroxyl groups excluding tert-OH is 1. The van der Waals surface area contributed by atoms with Crippen LogP contribution in [0.1, 0.15) is 5.56 Å². The lowest BCUT2D eigenvalue weighted by atomic mass is 9.98. The Balaban J connectivity index is 1.42. The van der Waals surface area contributed by atoms with Gasteiger partial charge in [0.1, 0.15) is 12.1 Å². The van der Waals surface area contributed by atoms with Crippen LogP contribution in [0.25, 0.3) is 22.3 Å². The smallest absolute Gasteiger partial charge is 0.323 e. The minimum absolute atomic E-state index is 0.320. The lowest BCUT2D eigenvalue weighted by Crippen LogP contribution is -2.40. The average molecular weight is 389 g/mol. The van der Waals surface area contributed by atoms with Gasteiger partial charge in [0.2, 0.25) is 0 Å². The molecule has 0 aliphatic carbocycles. The van der Waals surface area contributed by atoms with Crippen LogP contribution in [0.4, 0.5) is 0 Å². The normalized spacial score (nSPS) is 21.2. The van der Waals surface area contributed by atoms with Gasteiger partial charge in [0.25, 0.3) is 0 Å². The number of rotatable bonds is 6. The minimum Gasteiger partial charge on any atom is -0.480 e. The Labute approximate surface area is 169 Å². The Bertz CT molecular complexity index is 972. The molecule has 0 amide bonds. The summed E-state index contributed by atoms with van der Waals surface area (Å²) in [6, 6.07) is 25.8. The number of aliphatic carboxylic acids is 1. The van der Waals surface area contributed by atoms with Crippen molar-refractivity contribution in [1.29, 1.82) is 0 Å². The van der Waals surface area contributed by atoms with Crippen LogP contribution in [-0.2, 0) is 16.1 Å². The van der Waals surface area contributed by atoms with Gasteiger partial charge in [-0.15, -0.1) is 0 Å². The van der Waals surface area contributed by atoms with Gasteiger partial charge in [-0.1, -0.05) is 72.8 Å². The number of hydrogen-bond donors (Lipinski definition) is 3. The van der Waals surface area contributed by atoms with Crippen molar-refractivity contribution in [2.75, 3.05) is 6.54 Å². The molecule has 0 radical (unpaired) electrons. The first-order valence-corrected chi connectivity index (χ1v) is 9.62. The van der Waals surface area contributed by atoms with Crippen molar-refractivity contribution in [1.82, 2.24) is 5.32 Å². The van der Waals surface area contributed by atoms with Crippen LogP contribution in [0.5, 0.6) is 0 Å². The molecule has 0 saturated carbocycles. The van der Waals surface area contributed by atoms with Crippen LogP contribution >= 0.6 is 0 Å². The Morgan fingerprint density at radius 2 is 1.52 bits per heavy atom. The molecule has 1 saturated heterocycles. The number of aliphatic hydroxyl groups is 1. The molecule has 5 nitrogen and oxygen atoms in total. The van der Waals surface area contributed by atoms with Crippen LogP contribution < -0.4 is 5.32 Å². The summed E-state index contributed by atoms with van der Waals surface area (Å²) in [5, 5.41) is 21.8. The Kier molecular flexibility index (Phi) is 5.71. The molecule has 4 rings (SSSR count). The van der Waals surface area contributed by atoms with Gasteiger partial charge in [0.15, 0.2) is 0 Å². The van der Waals surface area contributed by atoms with E-state index >= 15 is 0 Å². The van der Waals surface area contributed by atoms with E-state index in [-0.39, 0.29) is 0 Å². The third-order valence-electron chi connectivity index (χ3n) is 5.25. The molecule has 0 aromatic heterocycles. The summed E-state index contributed by atoms with van der Waals surface area (Å²) in [4.78, 5) is 11.0. The fourth-order valence-electron chi connectivity index (χ4n) is 3.60. The molecule has 1 fully saturated rings. The van der Waals surface area contributed by atoms with E-state index in [1.807, 2.05) is 42.5 Å². The van der Waals surface area contributed by atoms with E-state index in [4.69, 9.17) is 9.84 Å². The zero-order valence-corrected chi connectivity index (χ0v) is 15.9. The third kappa shape index (κ3) is 4.38. The Morgan fingerprint density at radius 1 is 0.897 bits per heavy atom. The van der Waals surface area contributed by atoms with E-state index in [1.54, 1.807) is 0 Å². The van der Waals surface area contributed by atoms with E-state index in [2.05, 4.69) is 41.7 Å². The van der Waals surface area contributed by atoms with Crippen LogP contribution in [0.3, 0.4) is 0 Å². The molecule has 1 aliphatic heterocycles. The number of carboxylic acid groups (broad SMARTS) is 1. The quantitative estimate of drug-likeness (QED) is 0.603. The summed E-state index contributed by atoms with van der Waals surface area (Å²) in [6.07, 6.45) is -1.58. The highest BCUT2D eigenvalue weighted by Crippen LogP contribution is 2.26. The monoisotopic (exact) mass is 389 g/mol. The summed E-state index contributed by atoms with van der Waals surface area (Å²) in [6.45, 7) is 0.641. The summed E-state index contributed by atoms with van der Waals surface area (Å²) >= 11 is 0. The maximum Gasteiger partial charge on any atom is 0.323 e. The molecule has 29 heavy (non-hydrogen) atoms. The van der Waals surface area contributed by atoms with Gasteiger partial charge < -0.3 is 14.9 Å². The molecule has 3 aromatic carbocycles. The number of hydrogen-bond acceptors (Lipinski definition) is 4. The number of nitrogens with one attached hydrogen (secondary N) is 1. The zero-order valence-electron chi connectivity index (χ0n) is 15.9. The zero-order chi connectivity index (χ0) is 20.2. The molecule has 1 heterocycles. The van der Waals surface area contributed by atoms with E-state index in [0.717, 1.165) is 16.7 Å². The van der Waals surface area contributed by atoms with E-state index in [9.17, 15) is 9.90 Å². The molecule has 0 spiro atoms. The van der Waals surface area contributed by atoms with Crippen molar-refractivity contribution in [2.45, 2.75) is 24.9 Å². The molecule has 3 aromatic rings. The fourth-order valence-corrected chi connectivity index (χ4v) is 3.60. The summed E-state index contributed by atoms with van der Waals surface area (Å²) in [5.41, 5.74) is 5.58. The standard InChI is InChI=1S/C24H23NO4/c26-23-21(14-25-22(23)24(27)28)29-15-16-9-11-18(12-10-16)20-8-4-7-19(13-20)17-5-2-1-3-6-17/h1-13,21-23,25-26H,14-15H2,(H,27,28)/t21-,22+,23+/m0/s1. The lowest BCUT2D eigenvalue weighted by Gasteiger charge is -2.17. The van der Waals surface area contributed by atoms with Crippen molar-refractivity contribution in [2.24, 2.45) is 0 Å². The summed E-state index contributed by atoms with van der Waals surface area (Å²) in [7, 11) is 0. The Hall–Kier alpha value is -2.99. The topological polar surface area (TPSA) is 78.8 Å². The van der Waals surface area contributed by atoms with Gasteiger partial charge in [0, 0.05) is 6.54 Å². The number of carboxylic acids is 1. The van der Waals surface area contributed by atoms with E-state index < -0.39 is 24.2 Å². The van der Waals surface area contributed by atoms with Gasteiger partial charge >= 0.3 is 5.97 Å². The van der Waals surface area contributed by atoms with Gasteiger partial charge in [-0.25, -0.2) is 0 Å². The average Bonchev–Trinajstić information content (AvgIpc) is 3.14. The number of benzene rings is 3. The van der Waals surface area contributed by atoms with Crippen LogP contribution in [0, 0.1) is 0 Å². The first-order chi connectivity index (χ1) is 14.1. The number of carbonyl (C=O) groups is 1. The molecule has 0 unspecified atom stereocenters. The molecular weight excluding hydrogens is 366 g/mol. The SMILES string of the molecule is O=C(O)[C@@H]1NC[C@H](OCc2ccc(-c3cccc(-c4ccccc4)c3)cc2)[C@H]1O. The molecule has 3 N–H and O–H groups in total. The second-order valence-corrected chi connectivity index (χ2v) is 7.21. The second kappa shape index (κ2) is 8.57. The highest BCUT2D eigenvalue weighted by molar-refractivity contribution is 5.75. The molecule has 5 heteroatoms. The lowest BCUT2D eigenvalue weighted by molar-refractivity contribution is -0.142. The molecule has 148 valence electrons. The van der Waals surface area contributed by atoms with Crippen LogP contribution in [-0.4, -0.2) is 41.0 Å². The highest BCUT2D eigenvalue weighted by Gasteiger charge is 2.39. The predicted molar refractivity (Wildman–Crippen MR) is 111 cm³/mol. The largest absolute Gasteiger partial charge is 0.480 e. The Morgan fingerprint density at radius 3 is 2.14 bits per heavy atom. The predicted octanol–water partition coefficient (Wildman–Crippen LogP) is 3.32. The van der Waals surface area contributed by atoms with Crippen molar-refractivity contribution in [3.05, 3.63) is 84.4 Å². The third-order valence-corrected chi connectivity index (χ3v) is 5.25. The maximum absolute atomic E-state index is 11.0. The maximum atomic E-state index is 11.0. The fraction of sp³-hybridized carbons (Fsp3) is 0.208. The summed E-state index contributed by atoms with van der Waals surface area (Å²) in [5.74, 6) is -1.06. The van der Waals surface area contributed by atoms with Crippen LogP contribution in [0.2, 0.25) is 0 Å². The van der Waals surface area contributed by atoms with Crippen molar-refractivity contribution < 1.29 is 19.7 Å². The molecule has 0 bridgehead atoms. The van der Waals surface area contributed by atoms with E-state index in [0.29, 0.717) is 13.2 Å². The van der Waals surface area contributed by atoms with Gasteiger partial charge in [-0.2, -0.15) is 0 Å². The van der Waals surface area contributed by atoms with Crippen LogP contribution in [0.15, 0.2) is 78.9 Å². The van der Waals surface area contributed by atoms with E-state index in [1.165, 1.54) is 11.1 Å². The van der Waals surface area contributed by atoms with Crippen molar-refractivity contribution in [3.63, 3.8) is 0 Å². The first-order valence-electron chi connectivity index (χ1n) is 9.62. The second-order valence-electron chi connectivity index (χ2n) is 7.21. The molecular formula is C24H23NO4. The minimum atomic E-state index is -1.06. The van der Waals surface area contributed by atoms with Crippen molar-refractivity contribution in [3.8, 4) is 22.3 Å². The van der Waals surface area contributed by atoms with Gasteiger partial charge in [-0.3, -0.25) is 10.1 Å². The molecule has 3 atom stereocenters. The number of ether oxygens (including phenoxy) is 1.